The molecule has 2 aromatic carbocycles. The number of fused-ring (bicyclic) bond motifs is 1. The van der Waals surface area contributed by atoms with Gasteiger partial charge < -0.3 is 9.64 Å². The molecule has 10 heteroatoms. The molecule has 0 atom stereocenters. The number of nitrogens with zero attached hydrogens (tertiary/aromatic N) is 4. The third-order valence-corrected chi connectivity index (χ3v) is 7.39. The van der Waals surface area contributed by atoms with E-state index >= 15 is 0 Å². The average molecular weight is 477 g/mol. The Labute approximate surface area is 194 Å². The Bertz CT molecular complexity index is 1110. The first kappa shape index (κ1) is 23.3. The molecule has 0 saturated carbocycles. The molecule has 1 saturated heterocycles. The molecule has 178 valence electrons. The van der Waals surface area contributed by atoms with Crippen molar-refractivity contribution in [2.24, 2.45) is 0 Å². The molecular formula is C23H29FN4O4S. The van der Waals surface area contributed by atoms with E-state index in [1.54, 1.807) is 29.2 Å². The Morgan fingerprint density at radius 3 is 2.15 bits per heavy atom. The van der Waals surface area contributed by atoms with Gasteiger partial charge in [-0.15, -0.1) is 0 Å². The van der Waals surface area contributed by atoms with E-state index in [1.165, 1.54) is 32.9 Å². The van der Waals surface area contributed by atoms with E-state index in [9.17, 15) is 17.6 Å². The van der Waals surface area contributed by atoms with Crippen LogP contribution in [0.3, 0.4) is 0 Å². The van der Waals surface area contributed by atoms with Gasteiger partial charge in [-0.05, 0) is 57.2 Å². The Hall–Kier alpha value is -2.85. The predicted octanol–water partition coefficient (Wildman–Crippen LogP) is 3.58. The number of piperazine rings is 1. The molecule has 2 aliphatic heterocycles. The number of amides is 1. The maximum Gasteiger partial charge on any atom is 0.410 e. The molecule has 0 unspecified atom stereocenters. The average Bonchev–Trinajstić information content (AvgIpc) is 2.98. The minimum atomic E-state index is -3.87. The summed E-state index contributed by atoms with van der Waals surface area (Å²) in [7, 11) is -3.87. The third-order valence-electron chi connectivity index (χ3n) is 5.58. The fraction of sp³-hybridized carbons (Fsp3) is 0.435. The van der Waals surface area contributed by atoms with E-state index in [0.29, 0.717) is 49.8 Å². The molecule has 2 aromatic rings. The molecule has 0 aromatic heterocycles. The number of hydrogen-bond donors (Lipinski definition) is 0. The number of carbonyl (C=O) groups excluding carboxylic acids is 1. The second-order valence-corrected chi connectivity index (χ2v) is 10.8. The lowest BCUT2D eigenvalue weighted by atomic mass is 10.2. The van der Waals surface area contributed by atoms with Gasteiger partial charge >= 0.3 is 16.3 Å². The van der Waals surface area contributed by atoms with Crippen molar-refractivity contribution in [2.45, 2.75) is 26.4 Å². The summed E-state index contributed by atoms with van der Waals surface area (Å²) >= 11 is 0. The van der Waals surface area contributed by atoms with E-state index in [-0.39, 0.29) is 12.6 Å². The van der Waals surface area contributed by atoms with Gasteiger partial charge in [0.25, 0.3) is 0 Å². The molecule has 8 nitrogen and oxygen atoms in total. The minimum Gasteiger partial charge on any atom is -0.444 e. The van der Waals surface area contributed by atoms with E-state index < -0.39 is 21.6 Å². The second-order valence-electron chi connectivity index (χ2n) is 9.12. The SMILES string of the molecule is CC(C)(C)OC(=O)N1CCN(CCN2c3ccccc3N(c3ccc(F)cc3)S2(=O)=O)CC1. The van der Waals surface area contributed by atoms with Crippen molar-refractivity contribution >= 4 is 33.4 Å². The molecule has 0 N–H and O–H groups in total. The first-order chi connectivity index (χ1) is 15.6. The first-order valence-electron chi connectivity index (χ1n) is 10.9. The molecule has 2 aliphatic rings. The Balaban J connectivity index is 1.44. The number of hydrogen-bond acceptors (Lipinski definition) is 5. The van der Waals surface area contributed by atoms with Crippen molar-refractivity contribution in [1.82, 2.24) is 9.80 Å². The van der Waals surface area contributed by atoms with Crippen LogP contribution in [0.1, 0.15) is 20.8 Å². The zero-order chi connectivity index (χ0) is 23.8. The van der Waals surface area contributed by atoms with Crippen LogP contribution in [-0.2, 0) is 14.9 Å². The molecular weight excluding hydrogens is 447 g/mol. The summed E-state index contributed by atoms with van der Waals surface area (Å²) in [4.78, 5) is 16.1. The number of anilines is 3. The topological polar surface area (TPSA) is 73.4 Å². The highest BCUT2D eigenvalue weighted by Gasteiger charge is 2.41. The zero-order valence-corrected chi connectivity index (χ0v) is 19.9. The van der Waals surface area contributed by atoms with Crippen LogP contribution in [0.15, 0.2) is 48.5 Å². The molecule has 0 bridgehead atoms. The van der Waals surface area contributed by atoms with Crippen LogP contribution < -0.4 is 8.61 Å². The molecule has 0 aliphatic carbocycles. The molecule has 1 amide bonds. The van der Waals surface area contributed by atoms with Crippen molar-refractivity contribution in [3.8, 4) is 0 Å². The van der Waals surface area contributed by atoms with Gasteiger partial charge in [-0.1, -0.05) is 12.1 Å². The molecule has 33 heavy (non-hydrogen) atoms. The lowest BCUT2D eigenvalue weighted by Crippen LogP contribution is -2.51. The molecule has 4 rings (SSSR count). The fourth-order valence-electron chi connectivity index (χ4n) is 3.99. The number of para-hydroxylation sites is 2. The normalized spacial score (nSPS) is 18.4. The largest absolute Gasteiger partial charge is 0.444 e. The van der Waals surface area contributed by atoms with Gasteiger partial charge in [0, 0.05) is 39.3 Å². The molecule has 2 heterocycles. The summed E-state index contributed by atoms with van der Waals surface area (Å²) in [5.41, 5.74) is 0.979. The van der Waals surface area contributed by atoms with Crippen LogP contribution in [-0.4, -0.2) is 69.2 Å². The first-order valence-corrected chi connectivity index (χ1v) is 12.3. The van der Waals surface area contributed by atoms with Crippen molar-refractivity contribution < 1.29 is 22.3 Å². The second kappa shape index (κ2) is 8.83. The Morgan fingerprint density at radius 2 is 1.55 bits per heavy atom. The number of carbonyl (C=O) groups is 1. The molecule has 1 fully saturated rings. The van der Waals surface area contributed by atoms with Crippen LogP contribution >= 0.6 is 0 Å². The number of ether oxygens (including phenoxy) is 1. The smallest absolute Gasteiger partial charge is 0.410 e. The number of rotatable bonds is 4. The Morgan fingerprint density at radius 1 is 0.939 bits per heavy atom. The van der Waals surface area contributed by atoms with E-state index in [1.807, 2.05) is 20.8 Å². The van der Waals surface area contributed by atoms with Crippen LogP contribution in [0.2, 0.25) is 0 Å². The lowest BCUT2D eigenvalue weighted by molar-refractivity contribution is 0.0148. The quantitative estimate of drug-likeness (QED) is 0.675. The number of benzene rings is 2. The minimum absolute atomic E-state index is 0.267. The van der Waals surface area contributed by atoms with Gasteiger partial charge in [-0.3, -0.25) is 4.90 Å². The van der Waals surface area contributed by atoms with E-state index in [0.717, 1.165) is 0 Å². The summed E-state index contributed by atoms with van der Waals surface area (Å²) in [6, 6.07) is 12.5. The van der Waals surface area contributed by atoms with Crippen molar-refractivity contribution in [1.29, 1.82) is 0 Å². The highest BCUT2D eigenvalue weighted by molar-refractivity contribution is 7.95. The molecule has 0 radical (unpaired) electrons. The highest BCUT2D eigenvalue weighted by Crippen LogP contribution is 2.44. The third kappa shape index (κ3) is 4.91. The van der Waals surface area contributed by atoms with Gasteiger partial charge in [-0.25, -0.2) is 17.8 Å². The van der Waals surface area contributed by atoms with Crippen molar-refractivity contribution in [3.05, 3.63) is 54.3 Å². The van der Waals surface area contributed by atoms with E-state index in [2.05, 4.69) is 4.90 Å². The summed E-state index contributed by atoms with van der Waals surface area (Å²) in [5.74, 6) is -0.425. The molecule has 0 spiro atoms. The summed E-state index contributed by atoms with van der Waals surface area (Å²) < 4.78 is 48.4. The van der Waals surface area contributed by atoms with Gasteiger partial charge in [0.1, 0.15) is 11.4 Å². The lowest BCUT2D eigenvalue weighted by Gasteiger charge is -2.36. The van der Waals surface area contributed by atoms with Gasteiger partial charge in [-0.2, -0.15) is 8.42 Å². The summed E-state index contributed by atoms with van der Waals surface area (Å²) in [5, 5.41) is 0. The summed E-state index contributed by atoms with van der Waals surface area (Å²) in [6.45, 7) is 8.63. The van der Waals surface area contributed by atoms with Crippen LogP contribution in [0.5, 0.6) is 0 Å². The monoisotopic (exact) mass is 476 g/mol. The van der Waals surface area contributed by atoms with Crippen molar-refractivity contribution in [3.63, 3.8) is 0 Å². The van der Waals surface area contributed by atoms with Crippen LogP contribution in [0.25, 0.3) is 0 Å². The van der Waals surface area contributed by atoms with Crippen LogP contribution in [0.4, 0.5) is 26.2 Å². The standard InChI is InChI=1S/C23H29FN4O4S/c1-23(2,3)32-22(29)26-15-12-25(13-16-26)14-17-27-20-6-4-5-7-21(20)28(33(27,30)31)19-10-8-18(24)9-11-19/h4-11H,12-17H2,1-3H3. The van der Waals surface area contributed by atoms with Crippen molar-refractivity contribution in [2.75, 3.05) is 47.9 Å². The number of halogens is 1. The maximum atomic E-state index is 13.5. The highest BCUT2D eigenvalue weighted by atomic mass is 32.2. The predicted molar refractivity (Wildman–Crippen MR) is 125 cm³/mol. The maximum absolute atomic E-state index is 13.5. The van der Waals surface area contributed by atoms with Gasteiger partial charge in [0.2, 0.25) is 0 Å². The fourth-order valence-corrected chi connectivity index (χ4v) is 5.69. The zero-order valence-electron chi connectivity index (χ0n) is 19.1. The Kier molecular flexibility index (Phi) is 6.24. The van der Waals surface area contributed by atoms with E-state index in [4.69, 9.17) is 4.74 Å². The van der Waals surface area contributed by atoms with Crippen LogP contribution in [0, 0.1) is 5.82 Å². The van der Waals surface area contributed by atoms with Gasteiger partial charge in [0.05, 0.1) is 17.1 Å². The van der Waals surface area contributed by atoms with Gasteiger partial charge in [0.15, 0.2) is 0 Å². The summed E-state index contributed by atoms with van der Waals surface area (Å²) in [6.07, 6.45) is -0.326.